The third-order valence-electron chi connectivity index (χ3n) is 3.95. The van der Waals surface area contributed by atoms with Gasteiger partial charge in [0.2, 0.25) is 5.91 Å². The second-order valence-corrected chi connectivity index (χ2v) is 6.92. The van der Waals surface area contributed by atoms with Gasteiger partial charge in [0, 0.05) is 11.1 Å². The highest BCUT2D eigenvalue weighted by atomic mass is 32.2. The Hall–Kier alpha value is -2.93. The largest absolute Gasteiger partial charge is 0.465 e. The Kier molecular flexibility index (Phi) is 5.71. The first-order valence-electron chi connectivity index (χ1n) is 8.33. The molecule has 3 rings (SSSR count). The number of carbonyl (C=O) groups excluding carboxylic acids is 2. The SMILES string of the molecule is COC(=O)c1ccc(C)c(NC(=O)CSc2nc(C)nc3ccccc23)c1. The number of thioether (sulfide) groups is 1. The number of anilines is 1. The van der Waals surface area contributed by atoms with Crippen LogP contribution in [-0.4, -0.2) is 34.7 Å². The van der Waals surface area contributed by atoms with Crippen LogP contribution in [0.5, 0.6) is 0 Å². The number of para-hydroxylation sites is 1. The predicted molar refractivity (Wildman–Crippen MR) is 106 cm³/mol. The highest BCUT2D eigenvalue weighted by Crippen LogP contribution is 2.25. The first-order valence-corrected chi connectivity index (χ1v) is 9.31. The van der Waals surface area contributed by atoms with Crippen LogP contribution >= 0.6 is 11.8 Å². The first kappa shape index (κ1) is 18.8. The highest BCUT2D eigenvalue weighted by molar-refractivity contribution is 8.00. The summed E-state index contributed by atoms with van der Waals surface area (Å²) in [6.07, 6.45) is 0. The van der Waals surface area contributed by atoms with Gasteiger partial charge >= 0.3 is 5.97 Å². The van der Waals surface area contributed by atoms with Crippen molar-refractivity contribution >= 4 is 40.2 Å². The Labute approximate surface area is 161 Å². The van der Waals surface area contributed by atoms with E-state index in [0.717, 1.165) is 21.5 Å². The van der Waals surface area contributed by atoms with E-state index in [0.29, 0.717) is 17.1 Å². The molecule has 1 amide bonds. The van der Waals surface area contributed by atoms with Gasteiger partial charge in [0.05, 0.1) is 23.9 Å². The fourth-order valence-electron chi connectivity index (χ4n) is 2.59. The van der Waals surface area contributed by atoms with E-state index >= 15 is 0 Å². The van der Waals surface area contributed by atoms with Crippen LogP contribution in [0.15, 0.2) is 47.5 Å². The van der Waals surface area contributed by atoms with E-state index in [1.165, 1.54) is 18.9 Å². The number of methoxy groups -OCH3 is 1. The summed E-state index contributed by atoms with van der Waals surface area (Å²) in [4.78, 5) is 33.0. The summed E-state index contributed by atoms with van der Waals surface area (Å²) in [5.41, 5.74) is 2.70. The molecule has 0 unspecified atom stereocenters. The summed E-state index contributed by atoms with van der Waals surface area (Å²) in [6, 6.07) is 12.8. The van der Waals surface area contributed by atoms with Gasteiger partial charge in [-0.1, -0.05) is 36.0 Å². The number of benzene rings is 2. The average molecular weight is 381 g/mol. The predicted octanol–water partition coefficient (Wildman–Crippen LogP) is 3.76. The van der Waals surface area contributed by atoms with Crippen molar-refractivity contribution in [3.63, 3.8) is 0 Å². The molecule has 6 nitrogen and oxygen atoms in total. The van der Waals surface area contributed by atoms with E-state index in [4.69, 9.17) is 4.74 Å². The zero-order valence-corrected chi connectivity index (χ0v) is 16.1. The third kappa shape index (κ3) is 4.43. The third-order valence-corrected chi connectivity index (χ3v) is 4.94. The summed E-state index contributed by atoms with van der Waals surface area (Å²) < 4.78 is 4.72. The number of ether oxygens (including phenoxy) is 1. The topological polar surface area (TPSA) is 81.2 Å². The minimum atomic E-state index is -0.442. The quantitative estimate of drug-likeness (QED) is 0.412. The summed E-state index contributed by atoms with van der Waals surface area (Å²) in [6.45, 7) is 3.70. The fraction of sp³-hybridized carbons (Fsp3) is 0.200. The average Bonchev–Trinajstić information content (AvgIpc) is 2.67. The number of rotatable bonds is 5. The van der Waals surface area contributed by atoms with Crippen molar-refractivity contribution in [2.45, 2.75) is 18.9 Å². The molecule has 0 aliphatic carbocycles. The van der Waals surface area contributed by atoms with Crippen molar-refractivity contribution in [1.29, 1.82) is 0 Å². The first-order chi connectivity index (χ1) is 13.0. The number of carbonyl (C=O) groups is 2. The molecule has 0 radical (unpaired) electrons. The van der Waals surface area contributed by atoms with E-state index in [-0.39, 0.29) is 11.7 Å². The van der Waals surface area contributed by atoms with Gasteiger partial charge in [0.1, 0.15) is 10.9 Å². The molecule has 2 aromatic carbocycles. The summed E-state index contributed by atoms with van der Waals surface area (Å²) >= 11 is 1.36. The van der Waals surface area contributed by atoms with Gasteiger partial charge in [0.15, 0.2) is 0 Å². The van der Waals surface area contributed by atoms with Crippen LogP contribution in [0.2, 0.25) is 0 Å². The molecule has 0 saturated carbocycles. The molecule has 0 atom stereocenters. The standard InChI is InChI=1S/C20H19N3O3S/c1-12-8-9-14(20(25)26-3)10-17(12)23-18(24)11-27-19-15-6-4-5-7-16(15)21-13(2)22-19/h4-10H,11H2,1-3H3,(H,23,24). The Bertz CT molecular complexity index is 1020. The van der Waals surface area contributed by atoms with Crippen LogP contribution < -0.4 is 5.32 Å². The molecule has 1 N–H and O–H groups in total. The van der Waals surface area contributed by atoms with Crippen molar-refractivity contribution in [3.05, 3.63) is 59.4 Å². The normalized spacial score (nSPS) is 10.6. The van der Waals surface area contributed by atoms with Crippen molar-refractivity contribution in [2.75, 3.05) is 18.2 Å². The highest BCUT2D eigenvalue weighted by Gasteiger charge is 2.12. The van der Waals surface area contributed by atoms with Crippen LogP contribution in [0.1, 0.15) is 21.7 Å². The smallest absolute Gasteiger partial charge is 0.337 e. The Balaban J connectivity index is 1.73. The lowest BCUT2D eigenvalue weighted by atomic mass is 10.1. The van der Waals surface area contributed by atoms with E-state index in [9.17, 15) is 9.59 Å². The van der Waals surface area contributed by atoms with Crippen molar-refractivity contribution in [3.8, 4) is 0 Å². The van der Waals surface area contributed by atoms with Crippen molar-refractivity contribution in [1.82, 2.24) is 9.97 Å². The van der Waals surface area contributed by atoms with Gasteiger partial charge in [-0.3, -0.25) is 4.79 Å². The molecule has 0 fully saturated rings. The van der Waals surface area contributed by atoms with Crippen LogP contribution in [0, 0.1) is 13.8 Å². The molecular formula is C20H19N3O3S. The number of aryl methyl sites for hydroxylation is 2. The molecule has 27 heavy (non-hydrogen) atoms. The van der Waals surface area contributed by atoms with Gasteiger partial charge in [-0.15, -0.1) is 0 Å². The van der Waals surface area contributed by atoms with E-state index in [1.54, 1.807) is 18.2 Å². The molecule has 0 aliphatic heterocycles. The number of nitrogens with zero attached hydrogens (tertiary/aromatic N) is 2. The second-order valence-electron chi connectivity index (χ2n) is 5.95. The molecule has 1 aromatic heterocycles. The summed E-state index contributed by atoms with van der Waals surface area (Å²) in [5, 5.41) is 4.54. The molecular weight excluding hydrogens is 362 g/mol. The van der Waals surface area contributed by atoms with Crippen LogP contribution in [0.3, 0.4) is 0 Å². The van der Waals surface area contributed by atoms with Crippen LogP contribution in [0.4, 0.5) is 5.69 Å². The van der Waals surface area contributed by atoms with E-state index < -0.39 is 5.97 Å². The molecule has 0 bridgehead atoms. The zero-order valence-electron chi connectivity index (χ0n) is 15.3. The minimum Gasteiger partial charge on any atom is -0.465 e. The maximum absolute atomic E-state index is 12.4. The van der Waals surface area contributed by atoms with E-state index in [2.05, 4.69) is 15.3 Å². The monoisotopic (exact) mass is 381 g/mol. The number of amides is 1. The van der Waals surface area contributed by atoms with Gasteiger partial charge in [-0.2, -0.15) is 0 Å². The second kappa shape index (κ2) is 8.18. The Morgan fingerprint density at radius 1 is 1.11 bits per heavy atom. The number of hydrogen-bond donors (Lipinski definition) is 1. The maximum atomic E-state index is 12.4. The number of nitrogens with one attached hydrogen (secondary N) is 1. The lowest BCUT2D eigenvalue weighted by Crippen LogP contribution is -2.15. The van der Waals surface area contributed by atoms with Gasteiger partial charge in [0.25, 0.3) is 0 Å². The molecule has 7 heteroatoms. The number of hydrogen-bond acceptors (Lipinski definition) is 6. The minimum absolute atomic E-state index is 0.175. The Morgan fingerprint density at radius 3 is 2.67 bits per heavy atom. The number of aromatic nitrogens is 2. The van der Waals surface area contributed by atoms with Crippen molar-refractivity contribution in [2.24, 2.45) is 0 Å². The lowest BCUT2D eigenvalue weighted by Gasteiger charge is -2.10. The van der Waals surface area contributed by atoms with Crippen LogP contribution in [-0.2, 0) is 9.53 Å². The fourth-order valence-corrected chi connectivity index (χ4v) is 3.45. The van der Waals surface area contributed by atoms with E-state index in [1.807, 2.05) is 38.1 Å². The van der Waals surface area contributed by atoms with Gasteiger partial charge in [-0.05, 0) is 37.6 Å². The summed E-state index contributed by atoms with van der Waals surface area (Å²) in [7, 11) is 1.32. The number of fused-ring (bicyclic) bond motifs is 1. The zero-order chi connectivity index (χ0) is 19.4. The van der Waals surface area contributed by atoms with Gasteiger partial charge < -0.3 is 10.1 Å². The maximum Gasteiger partial charge on any atom is 0.337 e. The number of esters is 1. The molecule has 0 aliphatic rings. The van der Waals surface area contributed by atoms with Gasteiger partial charge in [-0.25, -0.2) is 14.8 Å². The molecule has 3 aromatic rings. The molecule has 138 valence electrons. The summed E-state index contributed by atoms with van der Waals surface area (Å²) in [5.74, 6) is 0.244. The lowest BCUT2D eigenvalue weighted by molar-refractivity contribution is -0.113. The van der Waals surface area contributed by atoms with Crippen LogP contribution in [0.25, 0.3) is 10.9 Å². The molecule has 0 saturated heterocycles. The molecule has 1 heterocycles. The Morgan fingerprint density at radius 2 is 1.89 bits per heavy atom. The molecule has 0 spiro atoms. The van der Waals surface area contributed by atoms with Crippen molar-refractivity contribution < 1.29 is 14.3 Å².